The van der Waals surface area contributed by atoms with Crippen LogP contribution in [0.1, 0.15) is 30.3 Å². The fraction of sp³-hybridized carbons (Fsp3) is 0.353. The van der Waals surface area contributed by atoms with E-state index < -0.39 is 5.91 Å². The number of rotatable bonds is 7. The zero-order chi connectivity index (χ0) is 17.5. The number of amides is 1. The van der Waals surface area contributed by atoms with Crippen LogP contribution in [0.2, 0.25) is 0 Å². The molecule has 0 saturated heterocycles. The van der Waals surface area contributed by atoms with Gasteiger partial charge in [0.25, 0.3) is 11.5 Å². The molecular weight excluding hydrogens is 310 g/mol. The number of nitrogens with zero attached hydrogens (tertiary/aromatic N) is 2. The normalized spacial score (nSPS) is 10.3. The Labute approximate surface area is 140 Å². The number of aryl methyl sites for hydroxylation is 1. The highest BCUT2D eigenvalue weighted by Crippen LogP contribution is 2.29. The molecule has 7 nitrogen and oxygen atoms in total. The molecule has 0 saturated carbocycles. The minimum atomic E-state index is -0.424. The second kappa shape index (κ2) is 8.14. The summed E-state index contributed by atoms with van der Waals surface area (Å²) in [7, 11) is 3.05. The van der Waals surface area contributed by atoms with Gasteiger partial charge < -0.3 is 14.8 Å². The minimum Gasteiger partial charge on any atom is -0.497 e. The standard InChI is InChI=1S/C17H21N3O4/c1-4-5-10-20-16(21)9-7-13(19-20)17(22)18-14-11-12(23-2)6-8-15(14)24-3/h6-9,11H,4-5,10H2,1-3H3,(H,18,22). The van der Waals surface area contributed by atoms with Crippen LogP contribution in [0, 0.1) is 0 Å². The van der Waals surface area contributed by atoms with Crippen molar-refractivity contribution in [3.8, 4) is 11.5 Å². The van der Waals surface area contributed by atoms with E-state index in [1.807, 2.05) is 6.92 Å². The Balaban J connectivity index is 2.25. The summed E-state index contributed by atoms with van der Waals surface area (Å²) in [6, 6.07) is 7.85. The molecule has 1 amide bonds. The molecule has 0 aliphatic heterocycles. The summed E-state index contributed by atoms with van der Waals surface area (Å²) in [4.78, 5) is 24.2. The average Bonchev–Trinajstić information content (AvgIpc) is 2.60. The zero-order valence-corrected chi connectivity index (χ0v) is 14.0. The Kier molecular flexibility index (Phi) is 5.95. The zero-order valence-electron chi connectivity index (χ0n) is 14.0. The summed E-state index contributed by atoms with van der Waals surface area (Å²) >= 11 is 0. The number of hydrogen-bond donors (Lipinski definition) is 1. The molecule has 0 aliphatic rings. The third-order valence-electron chi connectivity index (χ3n) is 3.48. The molecule has 1 aromatic carbocycles. The van der Waals surface area contributed by atoms with E-state index in [0.29, 0.717) is 23.7 Å². The fourth-order valence-corrected chi connectivity index (χ4v) is 2.14. The lowest BCUT2D eigenvalue weighted by Crippen LogP contribution is -2.26. The van der Waals surface area contributed by atoms with Crippen molar-refractivity contribution in [3.05, 3.63) is 46.4 Å². The van der Waals surface area contributed by atoms with Crippen molar-refractivity contribution in [1.29, 1.82) is 0 Å². The summed E-state index contributed by atoms with van der Waals surface area (Å²) in [6.45, 7) is 2.51. The fourth-order valence-electron chi connectivity index (χ4n) is 2.14. The molecule has 24 heavy (non-hydrogen) atoms. The van der Waals surface area contributed by atoms with Gasteiger partial charge in [0.1, 0.15) is 17.2 Å². The summed E-state index contributed by atoms with van der Waals surface area (Å²) < 4.78 is 11.7. The van der Waals surface area contributed by atoms with E-state index in [0.717, 1.165) is 12.8 Å². The minimum absolute atomic E-state index is 0.163. The molecular formula is C17H21N3O4. The predicted molar refractivity (Wildman–Crippen MR) is 90.9 cm³/mol. The largest absolute Gasteiger partial charge is 0.497 e. The Morgan fingerprint density at radius 2 is 2.00 bits per heavy atom. The number of methoxy groups -OCH3 is 2. The maximum atomic E-state index is 12.4. The van der Waals surface area contributed by atoms with Crippen molar-refractivity contribution >= 4 is 11.6 Å². The molecule has 0 atom stereocenters. The number of unbranched alkanes of at least 4 members (excludes halogenated alkanes) is 1. The van der Waals surface area contributed by atoms with Crippen molar-refractivity contribution in [1.82, 2.24) is 9.78 Å². The lowest BCUT2D eigenvalue weighted by Gasteiger charge is -2.12. The quantitative estimate of drug-likeness (QED) is 0.842. The molecule has 0 radical (unpaired) electrons. The van der Waals surface area contributed by atoms with Gasteiger partial charge in [-0.2, -0.15) is 5.10 Å². The van der Waals surface area contributed by atoms with E-state index in [1.165, 1.54) is 23.9 Å². The molecule has 0 unspecified atom stereocenters. The molecule has 0 bridgehead atoms. The van der Waals surface area contributed by atoms with Crippen LogP contribution in [0.5, 0.6) is 11.5 Å². The van der Waals surface area contributed by atoms with E-state index in [9.17, 15) is 9.59 Å². The van der Waals surface area contributed by atoms with Crippen LogP contribution in [-0.2, 0) is 6.54 Å². The van der Waals surface area contributed by atoms with Gasteiger partial charge in [0.15, 0.2) is 0 Å². The molecule has 2 aromatic rings. The van der Waals surface area contributed by atoms with E-state index in [4.69, 9.17) is 9.47 Å². The highest BCUT2D eigenvalue weighted by molar-refractivity contribution is 6.03. The van der Waals surface area contributed by atoms with Gasteiger partial charge in [-0.1, -0.05) is 13.3 Å². The number of aromatic nitrogens is 2. The van der Waals surface area contributed by atoms with Crippen molar-refractivity contribution in [2.45, 2.75) is 26.3 Å². The maximum Gasteiger partial charge on any atom is 0.276 e. The first kappa shape index (κ1) is 17.5. The second-order valence-electron chi connectivity index (χ2n) is 5.15. The monoisotopic (exact) mass is 331 g/mol. The number of anilines is 1. The van der Waals surface area contributed by atoms with Crippen LogP contribution < -0.4 is 20.3 Å². The topological polar surface area (TPSA) is 82.5 Å². The first-order valence-corrected chi connectivity index (χ1v) is 7.70. The van der Waals surface area contributed by atoms with Crippen LogP contribution in [0.4, 0.5) is 5.69 Å². The SMILES string of the molecule is CCCCn1nc(C(=O)Nc2cc(OC)ccc2OC)ccc1=O. The molecule has 7 heteroatoms. The lowest BCUT2D eigenvalue weighted by molar-refractivity contribution is 0.101. The van der Waals surface area contributed by atoms with Gasteiger partial charge in [0.2, 0.25) is 0 Å². The second-order valence-corrected chi connectivity index (χ2v) is 5.15. The van der Waals surface area contributed by atoms with Crippen LogP contribution in [-0.4, -0.2) is 29.9 Å². The molecule has 128 valence electrons. The number of nitrogens with one attached hydrogen (secondary N) is 1. The number of carbonyl (C=O) groups excluding carboxylic acids is 1. The average molecular weight is 331 g/mol. The maximum absolute atomic E-state index is 12.4. The summed E-state index contributed by atoms with van der Waals surface area (Å²) in [5.74, 6) is 0.669. The molecule has 1 N–H and O–H groups in total. The van der Waals surface area contributed by atoms with Gasteiger partial charge in [-0.05, 0) is 24.6 Å². The number of benzene rings is 1. The number of hydrogen-bond acceptors (Lipinski definition) is 5. The summed E-state index contributed by atoms with van der Waals surface area (Å²) in [6.07, 6.45) is 1.76. The Morgan fingerprint density at radius 1 is 1.21 bits per heavy atom. The molecule has 0 spiro atoms. The Morgan fingerprint density at radius 3 is 2.67 bits per heavy atom. The van der Waals surface area contributed by atoms with Crippen LogP contribution in [0.15, 0.2) is 35.1 Å². The predicted octanol–water partition coefficient (Wildman–Crippen LogP) is 2.31. The van der Waals surface area contributed by atoms with Gasteiger partial charge in [-0.25, -0.2) is 4.68 Å². The van der Waals surface area contributed by atoms with Crippen LogP contribution in [0.25, 0.3) is 0 Å². The molecule has 2 rings (SSSR count). The van der Waals surface area contributed by atoms with E-state index in [1.54, 1.807) is 25.3 Å². The van der Waals surface area contributed by atoms with E-state index >= 15 is 0 Å². The third kappa shape index (κ3) is 4.13. The highest BCUT2D eigenvalue weighted by atomic mass is 16.5. The van der Waals surface area contributed by atoms with Gasteiger partial charge >= 0.3 is 0 Å². The van der Waals surface area contributed by atoms with E-state index in [2.05, 4.69) is 10.4 Å². The first-order chi connectivity index (χ1) is 11.6. The van der Waals surface area contributed by atoms with Crippen LogP contribution >= 0.6 is 0 Å². The summed E-state index contributed by atoms with van der Waals surface area (Å²) in [5.41, 5.74) is 0.407. The first-order valence-electron chi connectivity index (χ1n) is 7.70. The molecule has 0 aliphatic carbocycles. The van der Waals surface area contributed by atoms with Crippen molar-refractivity contribution in [2.75, 3.05) is 19.5 Å². The van der Waals surface area contributed by atoms with Gasteiger partial charge in [-0.15, -0.1) is 0 Å². The van der Waals surface area contributed by atoms with Gasteiger partial charge in [0, 0.05) is 18.7 Å². The Hall–Kier alpha value is -2.83. The third-order valence-corrected chi connectivity index (χ3v) is 3.48. The number of ether oxygens (including phenoxy) is 2. The summed E-state index contributed by atoms with van der Waals surface area (Å²) in [5, 5.41) is 6.86. The molecule has 1 heterocycles. The number of carbonyl (C=O) groups is 1. The van der Waals surface area contributed by atoms with Gasteiger partial charge in [0.05, 0.1) is 19.9 Å². The van der Waals surface area contributed by atoms with E-state index in [-0.39, 0.29) is 11.3 Å². The van der Waals surface area contributed by atoms with Gasteiger partial charge in [-0.3, -0.25) is 9.59 Å². The van der Waals surface area contributed by atoms with Crippen molar-refractivity contribution in [3.63, 3.8) is 0 Å². The molecule has 0 fully saturated rings. The van der Waals surface area contributed by atoms with Crippen molar-refractivity contribution < 1.29 is 14.3 Å². The van der Waals surface area contributed by atoms with Crippen molar-refractivity contribution in [2.24, 2.45) is 0 Å². The Bertz CT molecular complexity index is 771. The molecule has 1 aromatic heterocycles. The smallest absolute Gasteiger partial charge is 0.276 e. The van der Waals surface area contributed by atoms with Crippen LogP contribution in [0.3, 0.4) is 0 Å². The highest BCUT2D eigenvalue weighted by Gasteiger charge is 2.13. The lowest BCUT2D eigenvalue weighted by atomic mass is 10.2.